The van der Waals surface area contributed by atoms with Crippen LogP contribution in [-0.2, 0) is 6.54 Å². The number of aromatic amines is 1. The zero-order valence-corrected chi connectivity index (χ0v) is 8.47. The number of fused-ring (bicyclic) bond motifs is 1. The molecule has 0 aliphatic rings. The van der Waals surface area contributed by atoms with Gasteiger partial charge in [-0.25, -0.2) is 0 Å². The van der Waals surface area contributed by atoms with E-state index < -0.39 is 0 Å². The quantitative estimate of drug-likeness (QED) is 0.701. The summed E-state index contributed by atoms with van der Waals surface area (Å²) in [5.74, 6) is 0.903. The number of anilines is 1. The van der Waals surface area contributed by atoms with Crippen molar-refractivity contribution in [3.8, 4) is 0 Å². The lowest BCUT2D eigenvalue weighted by atomic mass is 10.2. The van der Waals surface area contributed by atoms with Gasteiger partial charge in [0.1, 0.15) is 16.8 Å². The Balaban J connectivity index is 1.78. The molecule has 16 heavy (non-hydrogen) atoms. The van der Waals surface area contributed by atoms with Crippen LogP contribution in [0.5, 0.6) is 0 Å². The van der Waals surface area contributed by atoms with Gasteiger partial charge in [0.25, 0.3) is 0 Å². The molecule has 0 unspecified atom stereocenters. The molecule has 3 rings (SSSR count). The van der Waals surface area contributed by atoms with Gasteiger partial charge in [-0.3, -0.25) is 0 Å². The van der Waals surface area contributed by atoms with Crippen molar-refractivity contribution in [2.24, 2.45) is 0 Å². The molecule has 0 saturated carbocycles. The first-order valence-corrected chi connectivity index (χ1v) is 4.98. The predicted molar refractivity (Wildman–Crippen MR) is 59.9 cm³/mol. The minimum Gasteiger partial charge on any atom is -0.467 e. The Morgan fingerprint density at radius 3 is 3.00 bits per heavy atom. The number of rotatable bonds is 3. The number of hydrogen-bond donors (Lipinski definition) is 2. The van der Waals surface area contributed by atoms with Crippen molar-refractivity contribution in [3.05, 3.63) is 42.4 Å². The maximum atomic E-state index is 5.23. The van der Waals surface area contributed by atoms with Gasteiger partial charge in [-0.1, -0.05) is 0 Å². The van der Waals surface area contributed by atoms with Crippen molar-refractivity contribution in [3.63, 3.8) is 0 Å². The lowest BCUT2D eigenvalue weighted by Crippen LogP contribution is -1.97. The average Bonchev–Trinajstić information content (AvgIpc) is 2.97. The molecule has 0 aliphatic heterocycles. The van der Waals surface area contributed by atoms with Crippen LogP contribution >= 0.6 is 0 Å². The van der Waals surface area contributed by atoms with Crippen molar-refractivity contribution in [1.29, 1.82) is 0 Å². The Labute approximate surface area is 91.5 Å². The fraction of sp³-hybridized carbons (Fsp3) is 0.0909. The molecule has 2 N–H and O–H groups in total. The normalized spacial score (nSPS) is 10.8. The van der Waals surface area contributed by atoms with Crippen molar-refractivity contribution in [2.75, 3.05) is 5.32 Å². The Hall–Kier alpha value is -2.30. The smallest absolute Gasteiger partial charge is 0.122 e. The van der Waals surface area contributed by atoms with Crippen LogP contribution in [0.4, 0.5) is 5.69 Å². The van der Waals surface area contributed by atoms with Gasteiger partial charge >= 0.3 is 0 Å². The van der Waals surface area contributed by atoms with Crippen molar-refractivity contribution < 1.29 is 4.42 Å². The summed E-state index contributed by atoms with van der Waals surface area (Å²) in [5.41, 5.74) is 2.71. The Kier molecular flexibility index (Phi) is 2.07. The van der Waals surface area contributed by atoms with Gasteiger partial charge in [0, 0.05) is 5.69 Å². The average molecular weight is 214 g/mol. The number of nitrogens with one attached hydrogen (secondary N) is 2. The number of H-pyrrole nitrogens is 1. The number of benzene rings is 1. The van der Waals surface area contributed by atoms with Gasteiger partial charge in [0.15, 0.2) is 0 Å². The zero-order valence-electron chi connectivity index (χ0n) is 8.47. The topological polar surface area (TPSA) is 66.7 Å². The summed E-state index contributed by atoms with van der Waals surface area (Å²) in [6, 6.07) is 9.64. The summed E-state index contributed by atoms with van der Waals surface area (Å²) >= 11 is 0. The monoisotopic (exact) mass is 214 g/mol. The van der Waals surface area contributed by atoms with Gasteiger partial charge < -0.3 is 9.73 Å². The fourth-order valence-electron chi connectivity index (χ4n) is 1.55. The van der Waals surface area contributed by atoms with E-state index in [1.165, 1.54) is 0 Å². The molecule has 1 aromatic carbocycles. The molecule has 3 aromatic rings. The second kappa shape index (κ2) is 3.69. The summed E-state index contributed by atoms with van der Waals surface area (Å²) in [7, 11) is 0. The minimum absolute atomic E-state index is 0.663. The zero-order chi connectivity index (χ0) is 10.8. The third-order valence-electron chi connectivity index (χ3n) is 2.36. The van der Waals surface area contributed by atoms with Crippen molar-refractivity contribution >= 4 is 16.7 Å². The maximum absolute atomic E-state index is 5.23. The van der Waals surface area contributed by atoms with Gasteiger partial charge in [0.2, 0.25) is 0 Å². The van der Waals surface area contributed by atoms with Gasteiger partial charge in [-0.15, -0.1) is 0 Å². The van der Waals surface area contributed by atoms with Crippen molar-refractivity contribution in [2.45, 2.75) is 6.54 Å². The molecule has 2 aromatic heterocycles. The predicted octanol–water partition coefficient (Wildman–Crippen LogP) is 2.16. The van der Waals surface area contributed by atoms with Crippen LogP contribution in [-0.4, -0.2) is 15.4 Å². The van der Waals surface area contributed by atoms with Crippen LogP contribution in [0.15, 0.2) is 41.0 Å². The van der Waals surface area contributed by atoms with Crippen LogP contribution < -0.4 is 5.32 Å². The van der Waals surface area contributed by atoms with Crippen LogP contribution in [0.25, 0.3) is 11.0 Å². The van der Waals surface area contributed by atoms with Gasteiger partial charge in [-0.05, 0) is 30.3 Å². The van der Waals surface area contributed by atoms with E-state index in [0.29, 0.717) is 6.54 Å². The van der Waals surface area contributed by atoms with E-state index in [1.54, 1.807) is 6.26 Å². The fourth-order valence-corrected chi connectivity index (χ4v) is 1.55. The highest BCUT2D eigenvalue weighted by atomic mass is 16.3. The minimum atomic E-state index is 0.663. The first-order valence-electron chi connectivity index (χ1n) is 4.98. The lowest BCUT2D eigenvalue weighted by molar-refractivity contribution is 0.518. The second-order valence-corrected chi connectivity index (χ2v) is 3.46. The first-order chi connectivity index (χ1) is 7.92. The molecule has 0 amide bonds. The maximum Gasteiger partial charge on any atom is 0.122 e. The molecule has 80 valence electrons. The lowest BCUT2D eigenvalue weighted by Gasteiger charge is -2.03. The molecule has 5 heteroatoms. The van der Waals surface area contributed by atoms with Crippen molar-refractivity contribution in [1.82, 2.24) is 15.4 Å². The molecule has 5 nitrogen and oxygen atoms in total. The van der Waals surface area contributed by atoms with E-state index in [9.17, 15) is 0 Å². The second-order valence-electron chi connectivity index (χ2n) is 3.46. The molecular formula is C11H10N4O. The van der Waals surface area contributed by atoms with Crippen LogP contribution in [0.1, 0.15) is 5.76 Å². The van der Waals surface area contributed by atoms with Gasteiger partial charge in [0.05, 0.1) is 12.8 Å². The van der Waals surface area contributed by atoms with Crippen LogP contribution in [0.2, 0.25) is 0 Å². The van der Waals surface area contributed by atoms with E-state index in [2.05, 4.69) is 20.7 Å². The first kappa shape index (κ1) is 8.96. The molecule has 0 aliphatic carbocycles. The summed E-state index contributed by atoms with van der Waals surface area (Å²) in [5, 5.41) is 13.9. The molecular weight excluding hydrogens is 204 g/mol. The molecule has 0 saturated heterocycles. The SMILES string of the molecule is c1coc(CNc2ccc3n[nH]nc3c2)c1. The van der Waals surface area contributed by atoms with Gasteiger partial charge in [-0.2, -0.15) is 15.4 Å². The third-order valence-corrected chi connectivity index (χ3v) is 2.36. The third kappa shape index (κ3) is 1.63. The molecule has 0 atom stereocenters. The van der Waals surface area contributed by atoms with E-state index in [4.69, 9.17) is 4.42 Å². The molecule has 0 spiro atoms. The highest BCUT2D eigenvalue weighted by molar-refractivity contribution is 5.77. The Morgan fingerprint density at radius 2 is 2.12 bits per heavy atom. The summed E-state index contributed by atoms with van der Waals surface area (Å²) in [4.78, 5) is 0. The summed E-state index contributed by atoms with van der Waals surface area (Å²) in [6.45, 7) is 0.663. The summed E-state index contributed by atoms with van der Waals surface area (Å²) < 4.78 is 5.23. The highest BCUT2D eigenvalue weighted by Gasteiger charge is 2.00. The Bertz CT molecular complexity index is 585. The summed E-state index contributed by atoms with van der Waals surface area (Å²) in [6.07, 6.45) is 1.66. The van der Waals surface area contributed by atoms with Crippen LogP contribution in [0.3, 0.4) is 0 Å². The molecule has 2 heterocycles. The molecule has 0 radical (unpaired) electrons. The highest BCUT2D eigenvalue weighted by Crippen LogP contribution is 2.15. The molecule has 0 bridgehead atoms. The standard InChI is InChI=1S/C11H10N4O/c1-2-9(16-5-1)7-12-8-3-4-10-11(6-8)14-15-13-10/h1-6,12H,7H2,(H,13,14,15). The van der Waals surface area contributed by atoms with E-state index in [-0.39, 0.29) is 0 Å². The molecule has 0 fully saturated rings. The number of hydrogen-bond acceptors (Lipinski definition) is 4. The Morgan fingerprint density at radius 1 is 1.19 bits per heavy atom. The number of furan rings is 1. The number of nitrogens with zero attached hydrogens (tertiary/aromatic N) is 2. The van der Waals surface area contributed by atoms with E-state index in [0.717, 1.165) is 22.5 Å². The van der Waals surface area contributed by atoms with Crippen LogP contribution in [0, 0.1) is 0 Å². The van der Waals surface area contributed by atoms with E-state index >= 15 is 0 Å². The number of aromatic nitrogens is 3. The largest absolute Gasteiger partial charge is 0.467 e. The van der Waals surface area contributed by atoms with E-state index in [1.807, 2.05) is 30.3 Å².